The lowest BCUT2D eigenvalue weighted by Crippen LogP contribution is -1.86. The zero-order valence-electron chi connectivity index (χ0n) is 13.5. The first-order valence-electron chi connectivity index (χ1n) is 7.56. The fourth-order valence-electron chi connectivity index (χ4n) is 2.50. The van der Waals surface area contributed by atoms with E-state index in [1.807, 2.05) is 65.2 Å². The molecule has 4 heterocycles. The lowest BCUT2D eigenvalue weighted by atomic mass is 10.4. The summed E-state index contributed by atoms with van der Waals surface area (Å²) in [4.78, 5) is 18.7. The molecule has 0 unspecified atom stereocenters. The maximum absolute atomic E-state index is 10.4. The highest BCUT2D eigenvalue weighted by Gasteiger charge is 2.01. The minimum atomic E-state index is 0.00111. The number of pyridine rings is 2. The van der Waals surface area contributed by atoms with Crippen LogP contribution in [0.5, 0.6) is 0 Å². The second-order valence-electron chi connectivity index (χ2n) is 5.46. The topological polar surface area (TPSA) is 71.9 Å². The number of nitrogens with zero attached hydrogens (tertiary/aromatic N) is 4. The van der Waals surface area contributed by atoms with Crippen molar-refractivity contribution in [2.24, 2.45) is 0 Å². The maximum Gasteiger partial charge on any atom is 0.170 e. The van der Waals surface area contributed by atoms with Gasteiger partial charge in [0.2, 0.25) is 0 Å². The van der Waals surface area contributed by atoms with Gasteiger partial charge in [-0.3, -0.25) is 4.79 Å². The number of fused-ring (bicyclic) bond motifs is 2. The number of aromatic nitrogens is 4. The number of aldehydes is 1. The maximum atomic E-state index is 10.4. The van der Waals surface area contributed by atoms with Crippen LogP contribution in [-0.2, 0) is 6.61 Å². The predicted molar refractivity (Wildman–Crippen MR) is 91.2 cm³/mol. The quantitative estimate of drug-likeness (QED) is 0.576. The van der Waals surface area contributed by atoms with Crippen molar-refractivity contribution in [2.75, 3.05) is 0 Å². The Morgan fingerprint density at radius 2 is 1.54 bits per heavy atom. The van der Waals surface area contributed by atoms with Gasteiger partial charge < -0.3 is 13.9 Å². The molecule has 6 heteroatoms. The SMILES string of the molecule is Cc1cccc2nc(C=O)cn12.Cc1cccc2nc(CO)cn12. The van der Waals surface area contributed by atoms with Crippen molar-refractivity contribution in [3.05, 3.63) is 71.6 Å². The highest BCUT2D eigenvalue weighted by Crippen LogP contribution is 2.08. The van der Waals surface area contributed by atoms with E-state index in [0.717, 1.165) is 29.0 Å². The molecule has 6 nitrogen and oxygen atoms in total. The first kappa shape index (κ1) is 15.9. The summed E-state index contributed by atoms with van der Waals surface area (Å²) < 4.78 is 3.86. The third-order valence-electron chi connectivity index (χ3n) is 3.74. The van der Waals surface area contributed by atoms with Crippen LogP contribution < -0.4 is 0 Å². The van der Waals surface area contributed by atoms with Crippen LogP contribution in [0.25, 0.3) is 11.3 Å². The molecule has 122 valence electrons. The van der Waals surface area contributed by atoms with E-state index in [0.29, 0.717) is 11.4 Å². The number of aliphatic hydroxyl groups excluding tert-OH is 1. The zero-order valence-corrected chi connectivity index (χ0v) is 13.5. The standard InChI is InChI=1S/C9H10N2O.C9H8N2O/c2*1-7-3-2-4-9-10-8(6-12)5-11(7)9/h2-5,12H,6H2,1H3;2-6H,1H3. The molecule has 4 rings (SSSR count). The molecule has 4 aromatic heterocycles. The molecule has 0 saturated heterocycles. The zero-order chi connectivity index (χ0) is 17.1. The van der Waals surface area contributed by atoms with Gasteiger partial charge in [-0.1, -0.05) is 12.1 Å². The van der Waals surface area contributed by atoms with Crippen LogP contribution in [-0.4, -0.2) is 30.2 Å². The Balaban J connectivity index is 0.000000141. The van der Waals surface area contributed by atoms with Gasteiger partial charge in [0.05, 0.1) is 12.3 Å². The van der Waals surface area contributed by atoms with E-state index in [-0.39, 0.29) is 6.61 Å². The second kappa shape index (κ2) is 6.64. The average molecular weight is 322 g/mol. The van der Waals surface area contributed by atoms with Crippen LogP contribution >= 0.6 is 0 Å². The fourth-order valence-corrected chi connectivity index (χ4v) is 2.50. The van der Waals surface area contributed by atoms with Crippen molar-refractivity contribution in [3.63, 3.8) is 0 Å². The largest absolute Gasteiger partial charge is 0.390 e. The van der Waals surface area contributed by atoms with Crippen LogP contribution in [0.1, 0.15) is 27.6 Å². The molecule has 0 aliphatic rings. The fraction of sp³-hybridized carbons (Fsp3) is 0.167. The van der Waals surface area contributed by atoms with Gasteiger partial charge in [0.25, 0.3) is 0 Å². The number of carbonyl (C=O) groups is 1. The number of aliphatic hydroxyl groups is 1. The minimum absolute atomic E-state index is 0.00111. The van der Waals surface area contributed by atoms with Crippen LogP contribution in [0.3, 0.4) is 0 Å². The molecule has 0 spiro atoms. The van der Waals surface area contributed by atoms with Gasteiger partial charge in [0.1, 0.15) is 17.0 Å². The number of imidazole rings is 2. The summed E-state index contributed by atoms with van der Waals surface area (Å²) in [6, 6.07) is 11.7. The van der Waals surface area contributed by atoms with E-state index in [2.05, 4.69) is 9.97 Å². The molecule has 0 atom stereocenters. The normalized spacial score (nSPS) is 10.6. The summed E-state index contributed by atoms with van der Waals surface area (Å²) >= 11 is 0. The third kappa shape index (κ3) is 3.04. The molecule has 0 radical (unpaired) electrons. The van der Waals surface area contributed by atoms with Crippen LogP contribution in [0, 0.1) is 13.8 Å². The molecule has 0 fully saturated rings. The number of hydrogen-bond donors (Lipinski definition) is 1. The molecule has 1 N–H and O–H groups in total. The highest BCUT2D eigenvalue weighted by atomic mass is 16.3. The van der Waals surface area contributed by atoms with E-state index in [4.69, 9.17) is 5.11 Å². The first-order valence-corrected chi connectivity index (χ1v) is 7.56. The van der Waals surface area contributed by atoms with E-state index in [1.165, 1.54) is 0 Å². The predicted octanol–water partition coefficient (Wildman–Crippen LogP) is 2.59. The van der Waals surface area contributed by atoms with Crippen molar-refractivity contribution < 1.29 is 9.90 Å². The lowest BCUT2D eigenvalue weighted by Gasteiger charge is -1.95. The summed E-state index contributed by atoms with van der Waals surface area (Å²) in [7, 11) is 0. The highest BCUT2D eigenvalue weighted by molar-refractivity contribution is 5.73. The third-order valence-corrected chi connectivity index (χ3v) is 3.74. The van der Waals surface area contributed by atoms with Crippen molar-refractivity contribution in [2.45, 2.75) is 20.5 Å². The van der Waals surface area contributed by atoms with E-state index in [1.54, 1.807) is 6.20 Å². The Bertz CT molecular complexity index is 1000. The first-order chi connectivity index (χ1) is 11.6. The molecule has 0 amide bonds. The Labute approximate surface area is 139 Å². The van der Waals surface area contributed by atoms with Crippen LogP contribution in [0.4, 0.5) is 0 Å². The molecule has 0 saturated carbocycles. The Morgan fingerprint density at radius 3 is 2.04 bits per heavy atom. The van der Waals surface area contributed by atoms with Gasteiger partial charge in [-0.2, -0.15) is 0 Å². The summed E-state index contributed by atoms with van der Waals surface area (Å²) in [5.74, 6) is 0. The molecule has 0 bridgehead atoms. The van der Waals surface area contributed by atoms with Gasteiger partial charge in [0, 0.05) is 23.8 Å². The van der Waals surface area contributed by atoms with Gasteiger partial charge in [-0.05, 0) is 38.1 Å². The van der Waals surface area contributed by atoms with Crippen LogP contribution in [0.2, 0.25) is 0 Å². The van der Waals surface area contributed by atoms with Crippen LogP contribution in [0.15, 0.2) is 48.8 Å². The molecule has 0 aliphatic heterocycles. The van der Waals surface area contributed by atoms with Crippen molar-refractivity contribution in [3.8, 4) is 0 Å². The Hall–Kier alpha value is -2.99. The van der Waals surface area contributed by atoms with Crippen molar-refractivity contribution >= 4 is 17.6 Å². The molecular formula is C18H18N4O2. The Kier molecular flexibility index (Phi) is 4.39. The monoisotopic (exact) mass is 322 g/mol. The molecule has 24 heavy (non-hydrogen) atoms. The Morgan fingerprint density at radius 1 is 0.958 bits per heavy atom. The molecule has 4 aromatic rings. The smallest absolute Gasteiger partial charge is 0.170 e. The molecule has 0 aliphatic carbocycles. The van der Waals surface area contributed by atoms with Crippen molar-refractivity contribution in [1.82, 2.24) is 18.8 Å². The van der Waals surface area contributed by atoms with E-state index in [9.17, 15) is 4.79 Å². The number of aryl methyl sites for hydroxylation is 2. The summed E-state index contributed by atoms with van der Waals surface area (Å²) in [6.45, 7) is 3.99. The summed E-state index contributed by atoms with van der Waals surface area (Å²) in [5, 5.41) is 8.85. The van der Waals surface area contributed by atoms with Gasteiger partial charge >= 0.3 is 0 Å². The van der Waals surface area contributed by atoms with E-state index >= 15 is 0 Å². The number of carbonyl (C=O) groups excluding carboxylic acids is 1. The van der Waals surface area contributed by atoms with Crippen molar-refractivity contribution in [1.29, 1.82) is 0 Å². The summed E-state index contributed by atoms with van der Waals surface area (Å²) in [5.41, 5.74) is 5.09. The van der Waals surface area contributed by atoms with Gasteiger partial charge in [0.15, 0.2) is 6.29 Å². The molecule has 0 aromatic carbocycles. The van der Waals surface area contributed by atoms with Gasteiger partial charge in [-0.15, -0.1) is 0 Å². The summed E-state index contributed by atoms with van der Waals surface area (Å²) in [6.07, 6.45) is 4.34. The average Bonchev–Trinajstić information content (AvgIpc) is 3.20. The lowest BCUT2D eigenvalue weighted by molar-refractivity contribution is 0.111. The number of rotatable bonds is 2. The minimum Gasteiger partial charge on any atom is -0.390 e. The van der Waals surface area contributed by atoms with E-state index < -0.39 is 0 Å². The number of hydrogen-bond acceptors (Lipinski definition) is 4. The molecular weight excluding hydrogens is 304 g/mol. The van der Waals surface area contributed by atoms with Gasteiger partial charge in [-0.25, -0.2) is 9.97 Å². The second-order valence-corrected chi connectivity index (χ2v) is 5.46.